The van der Waals surface area contributed by atoms with Crippen molar-refractivity contribution in [1.82, 2.24) is 0 Å². The van der Waals surface area contributed by atoms with Gasteiger partial charge < -0.3 is 19.1 Å². The Bertz CT molecular complexity index is 1190. The number of methoxy groups -OCH3 is 2. The molecule has 5 nitrogen and oxygen atoms in total. The van der Waals surface area contributed by atoms with Crippen molar-refractivity contribution in [3.05, 3.63) is 89.0 Å². The number of benzene rings is 3. The highest BCUT2D eigenvalue weighted by atomic mass is 16.5. The van der Waals surface area contributed by atoms with Gasteiger partial charge in [0.2, 0.25) is 6.35 Å². The van der Waals surface area contributed by atoms with E-state index < -0.39 is 6.35 Å². The molecule has 1 heterocycles. The number of terminal acetylenes is 1. The molecule has 174 valence electrons. The summed E-state index contributed by atoms with van der Waals surface area (Å²) < 4.78 is 17.0. The van der Waals surface area contributed by atoms with Crippen LogP contribution in [0.25, 0.3) is 0 Å². The summed E-state index contributed by atoms with van der Waals surface area (Å²) in [7, 11) is 3.30. The second kappa shape index (κ2) is 10.5. The predicted octanol–water partition coefficient (Wildman–Crippen LogP) is 5.62. The largest absolute Gasteiger partial charge is 0.497 e. The number of aliphatic imine (C=N–C) groups is 1. The molecule has 0 bridgehead atoms. The van der Waals surface area contributed by atoms with Crippen LogP contribution in [0.4, 0.5) is 5.69 Å². The molecule has 3 aromatic rings. The molecular formula is C29H30N2O3. The average Bonchev–Trinajstić information content (AvgIpc) is 2.87. The van der Waals surface area contributed by atoms with Crippen molar-refractivity contribution in [1.29, 1.82) is 0 Å². The van der Waals surface area contributed by atoms with E-state index in [1.165, 1.54) is 5.56 Å². The fourth-order valence-corrected chi connectivity index (χ4v) is 4.12. The van der Waals surface area contributed by atoms with Gasteiger partial charge in [0.15, 0.2) is 0 Å². The number of ether oxygens (including phenoxy) is 3. The Balaban J connectivity index is 1.77. The van der Waals surface area contributed by atoms with Crippen molar-refractivity contribution in [3.8, 4) is 23.8 Å². The van der Waals surface area contributed by atoms with Crippen LogP contribution < -0.4 is 14.4 Å². The fraction of sp³-hybridized carbons (Fsp3) is 0.276. The number of nitrogens with zero attached hydrogens (tertiary/aromatic N) is 2. The Hall–Kier alpha value is -3.75. The molecule has 0 saturated carbocycles. The zero-order chi connectivity index (χ0) is 24.1. The fourth-order valence-electron chi connectivity index (χ4n) is 4.12. The van der Waals surface area contributed by atoms with Crippen LogP contribution in [-0.4, -0.2) is 32.9 Å². The molecule has 0 aliphatic carbocycles. The first-order valence-corrected chi connectivity index (χ1v) is 11.3. The van der Waals surface area contributed by atoms with Crippen molar-refractivity contribution in [2.45, 2.75) is 32.7 Å². The van der Waals surface area contributed by atoms with Gasteiger partial charge in [0.1, 0.15) is 18.1 Å². The summed E-state index contributed by atoms with van der Waals surface area (Å²) >= 11 is 0. The Morgan fingerprint density at radius 1 is 0.971 bits per heavy atom. The first-order chi connectivity index (χ1) is 16.5. The number of para-hydroxylation sites is 1. The molecule has 1 unspecified atom stereocenters. The van der Waals surface area contributed by atoms with Gasteiger partial charge >= 0.3 is 0 Å². The van der Waals surface area contributed by atoms with E-state index in [1.54, 1.807) is 14.2 Å². The third kappa shape index (κ3) is 4.93. The van der Waals surface area contributed by atoms with Gasteiger partial charge in [0.25, 0.3) is 0 Å². The minimum absolute atomic E-state index is 0.161. The van der Waals surface area contributed by atoms with Crippen LogP contribution >= 0.6 is 0 Å². The molecule has 0 N–H and O–H groups in total. The maximum Gasteiger partial charge on any atom is 0.229 e. The normalized spacial score (nSPS) is 14.9. The molecule has 0 aromatic heterocycles. The molecule has 4 rings (SSSR count). The third-order valence-electron chi connectivity index (χ3n) is 5.91. The van der Waals surface area contributed by atoms with Crippen molar-refractivity contribution < 1.29 is 14.2 Å². The van der Waals surface area contributed by atoms with E-state index in [2.05, 4.69) is 61.1 Å². The molecular weight excluding hydrogens is 424 g/mol. The van der Waals surface area contributed by atoms with E-state index in [-0.39, 0.29) is 6.61 Å². The Labute approximate surface area is 202 Å². The molecule has 5 heteroatoms. The number of rotatable bonds is 8. The minimum atomic E-state index is -0.567. The molecule has 0 spiro atoms. The number of fused-ring (bicyclic) bond motifs is 1. The maximum absolute atomic E-state index is 6.04. The predicted molar refractivity (Wildman–Crippen MR) is 137 cm³/mol. The van der Waals surface area contributed by atoms with Crippen LogP contribution in [0, 0.1) is 12.3 Å². The molecule has 34 heavy (non-hydrogen) atoms. The summed E-state index contributed by atoms with van der Waals surface area (Å²) in [5, 5.41) is 0. The first kappa shape index (κ1) is 23.4. The molecule has 1 aliphatic heterocycles. The summed E-state index contributed by atoms with van der Waals surface area (Å²) in [5.41, 5.74) is 6.34. The van der Waals surface area contributed by atoms with Crippen LogP contribution in [-0.2, 0) is 11.3 Å². The van der Waals surface area contributed by atoms with Crippen LogP contribution in [0.3, 0.4) is 0 Å². The van der Waals surface area contributed by atoms with E-state index in [9.17, 15) is 0 Å². The van der Waals surface area contributed by atoms with E-state index >= 15 is 0 Å². The number of hydrogen-bond acceptors (Lipinski definition) is 5. The second-order valence-corrected chi connectivity index (χ2v) is 8.46. The highest BCUT2D eigenvalue weighted by Gasteiger charge is 2.29. The van der Waals surface area contributed by atoms with Crippen LogP contribution in [0.15, 0.2) is 71.7 Å². The standard InChI is InChI=1S/C29H30N2O3/c1-6-15-34-29-30-28(23-13-11-22(12-14-23)20(2)3)26-9-7-8-10-27(26)31(29)19-21-16-24(32-4)18-25(17-21)33-5/h1,7-14,16-18,20,29H,15,19H2,2-5H3. The van der Waals surface area contributed by atoms with Crippen molar-refractivity contribution in [3.63, 3.8) is 0 Å². The minimum Gasteiger partial charge on any atom is -0.497 e. The van der Waals surface area contributed by atoms with E-state index in [0.717, 1.165) is 39.6 Å². The lowest BCUT2D eigenvalue weighted by Gasteiger charge is -2.36. The lowest BCUT2D eigenvalue weighted by atomic mass is 9.95. The van der Waals surface area contributed by atoms with Crippen LogP contribution in [0.1, 0.15) is 42.0 Å². The van der Waals surface area contributed by atoms with Gasteiger partial charge in [-0.1, -0.05) is 62.2 Å². The van der Waals surface area contributed by atoms with Crippen molar-refractivity contribution in [2.75, 3.05) is 25.7 Å². The topological polar surface area (TPSA) is 43.3 Å². The first-order valence-electron chi connectivity index (χ1n) is 11.3. The maximum atomic E-state index is 6.04. The average molecular weight is 455 g/mol. The van der Waals surface area contributed by atoms with Crippen molar-refractivity contribution >= 4 is 11.4 Å². The van der Waals surface area contributed by atoms with Gasteiger partial charge in [0, 0.05) is 23.7 Å². The Morgan fingerprint density at radius 2 is 1.65 bits per heavy atom. The summed E-state index contributed by atoms with van der Waals surface area (Å²) in [6, 6.07) is 22.7. The monoisotopic (exact) mass is 454 g/mol. The third-order valence-corrected chi connectivity index (χ3v) is 5.91. The van der Waals surface area contributed by atoms with E-state index in [4.69, 9.17) is 25.6 Å². The number of anilines is 1. The van der Waals surface area contributed by atoms with Crippen LogP contribution in [0.2, 0.25) is 0 Å². The number of hydrogen-bond donors (Lipinski definition) is 0. The SMILES string of the molecule is C#CCOC1N=C(c2ccc(C(C)C)cc2)c2ccccc2N1Cc1cc(OC)cc(OC)c1. The second-order valence-electron chi connectivity index (χ2n) is 8.46. The summed E-state index contributed by atoms with van der Waals surface area (Å²) in [5.74, 6) is 4.51. The van der Waals surface area contributed by atoms with Gasteiger partial charge in [-0.15, -0.1) is 6.42 Å². The summed E-state index contributed by atoms with van der Waals surface area (Å²) in [4.78, 5) is 7.15. The zero-order valence-electron chi connectivity index (χ0n) is 20.1. The lowest BCUT2D eigenvalue weighted by molar-refractivity contribution is 0.0795. The van der Waals surface area contributed by atoms with E-state index in [1.807, 2.05) is 30.3 Å². The highest BCUT2D eigenvalue weighted by molar-refractivity contribution is 6.17. The Kier molecular flexibility index (Phi) is 7.20. The molecule has 0 fully saturated rings. The lowest BCUT2D eigenvalue weighted by Crippen LogP contribution is -2.40. The Morgan fingerprint density at radius 3 is 2.26 bits per heavy atom. The quantitative estimate of drug-likeness (QED) is 0.415. The van der Waals surface area contributed by atoms with Gasteiger partial charge in [-0.05, 0) is 35.2 Å². The van der Waals surface area contributed by atoms with Crippen LogP contribution in [0.5, 0.6) is 11.5 Å². The van der Waals surface area contributed by atoms with E-state index in [0.29, 0.717) is 12.5 Å². The summed E-state index contributed by atoms with van der Waals surface area (Å²) in [6.45, 7) is 5.09. The van der Waals surface area contributed by atoms with Gasteiger partial charge in [-0.25, -0.2) is 4.99 Å². The molecule has 1 aliphatic rings. The van der Waals surface area contributed by atoms with Crippen molar-refractivity contribution in [2.24, 2.45) is 4.99 Å². The van der Waals surface area contributed by atoms with Gasteiger partial charge in [-0.3, -0.25) is 0 Å². The molecule has 0 radical (unpaired) electrons. The molecule has 0 saturated heterocycles. The molecule has 3 aromatic carbocycles. The van der Waals surface area contributed by atoms with Gasteiger partial charge in [0.05, 0.1) is 25.6 Å². The van der Waals surface area contributed by atoms with Gasteiger partial charge in [-0.2, -0.15) is 0 Å². The molecule has 1 atom stereocenters. The molecule has 0 amide bonds. The highest BCUT2D eigenvalue weighted by Crippen LogP contribution is 2.34. The smallest absolute Gasteiger partial charge is 0.229 e. The summed E-state index contributed by atoms with van der Waals surface area (Å²) in [6.07, 6.45) is 4.96. The zero-order valence-corrected chi connectivity index (χ0v) is 20.1.